The molecule has 4 nitrogen and oxygen atoms in total. The molecule has 2 rings (SSSR count). The van der Waals surface area contributed by atoms with E-state index < -0.39 is 0 Å². The lowest BCUT2D eigenvalue weighted by Gasteiger charge is -2.06. The number of hydrogen-bond donors (Lipinski definition) is 2. The Kier molecular flexibility index (Phi) is 6.43. The predicted molar refractivity (Wildman–Crippen MR) is 90.3 cm³/mol. The van der Waals surface area contributed by atoms with E-state index in [0.29, 0.717) is 6.54 Å². The van der Waals surface area contributed by atoms with E-state index in [1.807, 2.05) is 23.7 Å². The van der Waals surface area contributed by atoms with Gasteiger partial charge in [0.25, 0.3) is 0 Å². The van der Waals surface area contributed by atoms with Crippen LogP contribution in [0.25, 0.3) is 0 Å². The average molecular weight is 322 g/mol. The Hall–Kier alpha value is -1.36. The van der Waals surface area contributed by atoms with Gasteiger partial charge in [0, 0.05) is 22.8 Å². The van der Waals surface area contributed by atoms with Gasteiger partial charge in [0.15, 0.2) is 0 Å². The third kappa shape index (κ3) is 4.57. The smallest absolute Gasteiger partial charge is 0.0644 e. The molecule has 2 aromatic rings. The summed E-state index contributed by atoms with van der Waals surface area (Å²) >= 11 is 5.88. The van der Waals surface area contributed by atoms with Crippen molar-refractivity contribution in [2.24, 2.45) is 0 Å². The van der Waals surface area contributed by atoms with Crippen LogP contribution in [-0.2, 0) is 19.5 Å². The molecule has 0 aliphatic heterocycles. The number of hydrogen-bond acceptors (Lipinski definition) is 3. The maximum absolute atomic E-state index is 9.03. The molecule has 120 valence electrons. The van der Waals surface area contributed by atoms with Crippen molar-refractivity contribution >= 4 is 11.6 Å². The first-order valence-corrected chi connectivity index (χ1v) is 8.08. The first-order chi connectivity index (χ1) is 10.6. The molecule has 0 atom stereocenters. The summed E-state index contributed by atoms with van der Waals surface area (Å²) in [7, 11) is 0. The number of rotatable bonds is 8. The molecule has 0 spiro atoms. The van der Waals surface area contributed by atoms with E-state index in [2.05, 4.69) is 29.5 Å². The first-order valence-electron chi connectivity index (χ1n) is 7.70. The summed E-state index contributed by atoms with van der Waals surface area (Å²) in [5, 5.41) is 17.8. The summed E-state index contributed by atoms with van der Waals surface area (Å²) in [5.41, 5.74) is 4.72. The van der Waals surface area contributed by atoms with Crippen molar-refractivity contribution in [3.8, 4) is 0 Å². The second-order valence-electron chi connectivity index (χ2n) is 5.50. The third-order valence-corrected chi connectivity index (χ3v) is 4.13. The lowest BCUT2D eigenvalue weighted by atomic mass is 10.1. The van der Waals surface area contributed by atoms with Gasteiger partial charge < -0.3 is 10.4 Å². The van der Waals surface area contributed by atoms with Crippen LogP contribution in [0.1, 0.15) is 28.9 Å². The molecule has 2 N–H and O–H groups in total. The zero-order chi connectivity index (χ0) is 15.9. The monoisotopic (exact) mass is 321 g/mol. The summed E-state index contributed by atoms with van der Waals surface area (Å²) in [6.45, 7) is 6.54. The summed E-state index contributed by atoms with van der Waals surface area (Å²) in [6, 6.07) is 8.03. The highest BCUT2D eigenvalue weighted by molar-refractivity contribution is 6.30. The molecule has 5 heteroatoms. The molecule has 1 aromatic heterocycles. The van der Waals surface area contributed by atoms with Crippen LogP contribution in [-0.4, -0.2) is 28.0 Å². The lowest BCUT2D eigenvalue weighted by molar-refractivity contribution is 0.267. The van der Waals surface area contributed by atoms with Gasteiger partial charge in [-0.15, -0.1) is 0 Å². The molecule has 0 aliphatic carbocycles. The fourth-order valence-corrected chi connectivity index (χ4v) is 2.71. The Morgan fingerprint density at radius 3 is 2.64 bits per heavy atom. The average Bonchev–Trinajstić information content (AvgIpc) is 2.76. The van der Waals surface area contributed by atoms with E-state index >= 15 is 0 Å². The molecule has 0 unspecified atom stereocenters. The summed E-state index contributed by atoms with van der Waals surface area (Å²) in [6.07, 6.45) is 2.14. The van der Waals surface area contributed by atoms with Gasteiger partial charge in [-0.1, -0.05) is 23.7 Å². The molecular formula is C17H24ClN3O. The van der Waals surface area contributed by atoms with Crippen molar-refractivity contribution in [3.05, 3.63) is 51.8 Å². The Morgan fingerprint density at radius 1 is 1.23 bits per heavy atom. The quantitative estimate of drug-likeness (QED) is 0.735. The minimum Gasteiger partial charge on any atom is -0.394 e. The van der Waals surface area contributed by atoms with Crippen molar-refractivity contribution in [2.45, 2.75) is 39.8 Å². The van der Waals surface area contributed by atoms with Crippen LogP contribution in [0.3, 0.4) is 0 Å². The van der Waals surface area contributed by atoms with Crippen LogP contribution in [0.2, 0.25) is 5.02 Å². The highest BCUT2D eigenvalue weighted by Gasteiger charge is 2.10. The normalized spacial score (nSPS) is 11.1. The van der Waals surface area contributed by atoms with E-state index in [0.717, 1.165) is 42.3 Å². The zero-order valence-electron chi connectivity index (χ0n) is 13.3. The van der Waals surface area contributed by atoms with Gasteiger partial charge in [-0.2, -0.15) is 5.10 Å². The number of nitrogens with one attached hydrogen (secondary N) is 1. The summed E-state index contributed by atoms with van der Waals surface area (Å²) in [4.78, 5) is 0. The van der Waals surface area contributed by atoms with Gasteiger partial charge in [0.1, 0.15) is 0 Å². The predicted octanol–water partition coefficient (Wildman–Crippen LogP) is 2.87. The van der Waals surface area contributed by atoms with E-state index in [4.69, 9.17) is 16.7 Å². The van der Waals surface area contributed by atoms with Gasteiger partial charge in [-0.25, -0.2) is 0 Å². The zero-order valence-corrected chi connectivity index (χ0v) is 14.0. The second-order valence-corrected chi connectivity index (χ2v) is 5.94. The standard InChI is InChI=1S/C17H24ClN3O/c1-13-17(14(2)21(20-13)10-11-22)12-19-9-3-4-15-5-7-16(18)8-6-15/h5-8,19,22H,3-4,9-12H2,1-2H3. The molecule has 1 heterocycles. The van der Waals surface area contributed by atoms with Crippen LogP contribution < -0.4 is 5.32 Å². The third-order valence-electron chi connectivity index (χ3n) is 3.88. The number of benzene rings is 1. The molecule has 0 bridgehead atoms. The number of aliphatic hydroxyl groups excluding tert-OH is 1. The molecule has 0 saturated heterocycles. The Bertz CT molecular complexity index is 593. The topological polar surface area (TPSA) is 50.1 Å². The number of halogens is 1. The maximum Gasteiger partial charge on any atom is 0.0644 e. The van der Waals surface area contributed by atoms with Gasteiger partial charge in [0.2, 0.25) is 0 Å². The molecule has 0 fully saturated rings. The maximum atomic E-state index is 9.03. The summed E-state index contributed by atoms with van der Waals surface area (Å²) in [5.74, 6) is 0. The van der Waals surface area contributed by atoms with Crippen molar-refractivity contribution in [3.63, 3.8) is 0 Å². The number of aromatic nitrogens is 2. The largest absolute Gasteiger partial charge is 0.394 e. The lowest BCUT2D eigenvalue weighted by Crippen LogP contribution is -2.16. The van der Waals surface area contributed by atoms with Gasteiger partial charge >= 0.3 is 0 Å². The molecule has 0 saturated carbocycles. The van der Waals surface area contributed by atoms with Crippen molar-refractivity contribution < 1.29 is 5.11 Å². The van der Waals surface area contributed by atoms with Crippen LogP contribution >= 0.6 is 11.6 Å². The van der Waals surface area contributed by atoms with Crippen LogP contribution in [0.15, 0.2) is 24.3 Å². The van der Waals surface area contributed by atoms with Crippen molar-refractivity contribution in [1.29, 1.82) is 0 Å². The number of nitrogens with zero attached hydrogens (tertiary/aromatic N) is 2. The van der Waals surface area contributed by atoms with E-state index in [1.165, 1.54) is 11.1 Å². The molecule has 22 heavy (non-hydrogen) atoms. The molecule has 1 aromatic carbocycles. The molecular weight excluding hydrogens is 298 g/mol. The minimum absolute atomic E-state index is 0.121. The SMILES string of the molecule is Cc1nn(CCO)c(C)c1CNCCCc1ccc(Cl)cc1. The van der Waals surface area contributed by atoms with Gasteiger partial charge in [-0.05, 0) is 50.9 Å². The van der Waals surface area contributed by atoms with E-state index in [1.54, 1.807) is 0 Å². The van der Waals surface area contributed by atoms with Crippen LogP contribution in [0.4, 0.5) is 0 Å². The fourth-order valence-electron chi connectivity index (χ4n) is 2.58. The van der Waals surface area contributed by atoms with Gasteiger partial charge in [-0.3, -0.25) is 4.68 Å². The Balaban J connectivity index is 1.76. The molecule has 0 radical (unpaired) electrons. The van der Waals surface area contributed by atoms with E-state index in [-0.39, 0.29) is 6.61 Å². The summed E-state index contributed by atoms with van der Waals surface area (Å²) < 4.78 is 1.88. The first kappa shape index (κ1) is 17.0. The number of aliphatic hydroxyl groups is 1. The highest BCUT2D eigenvalue weighted by Crippen LogP contribution is 2.13. The number of aryl methyl sites for hydroxylation is 2. The van der Waals surface area contributed by atoms with Gasteiger partial charge in [0.05, 0.1) is 18.8 Å². The van der Waals surface area contributed by atoms with E-state index in [9.17, 15) is 0 Å². The van der Waals surface area contributed by atoms with Crippen LogP contribution in [0, 0.1) is 13.8 Å². The van der Waals surface area contributed by atoms with Crippen molar-refractivity contribution in [2.75, 3.05) is 13.2 Å². The van der Waals surface area contributed by atoms with Crippen molar-refractivity contribution in [1.82, 2.24) is 15.1 Å². The van der Waals surface area contributed by atoms with Crippen LogP contribution in [0.5, 0.6) is 0 Å². The highest BCUT2D eigenvalue weighted by atomic mass is 35.5. The Labute approximate surface area is 137 Å². The second kappa shape index (κ2) is 8.32. The Morgan fingerprint density at radius 2 is 1.95 bits per heavy atom. The molecule has 0 amide bonds. The fraction of sp³-hybridized carbons (Fsp3) is 0.471. The minimum atomic E-state index is 0.121. The molecule has 0 aliphatic rings.